The van der Waals surface area contributed by atoms with Crippen LogP contribution in [0.3, 0.4) is 0 Å². The molecule has 0 aliphatic heterocycles. The van der Waals surface area contributed by atoms with Gasteiger partial charge in [0.05, 0.1) is 0 Å². The zero-order valence-corrected chi connectivity index (χ0v) is 15.3. The molecule has 3 rings (SSSR count). The zero-order chi connectivity index (χ0) is 20.2. The molecular weight excluding hydrogens is 387 g/mol. The molecule has 146 valence electrons. The third-order valence-electron chi connectivity index (χ3n) is 3.56. The van der Waals surface area contributed by atoms with Crippen LogP contribution in [0.15, 0.2) is 72.8 Å². The number of hydrogen-bond acceptors (Lipinski definition) is 0. The number of aryl methyl sites for hydroxylation is 1. The summed E-state index contributed by atoms with van der Waals surface area (Å²) in [5, 5.41) is 1.28. The maximum absolute atomic E-state index is 10.7. The minimum atomic E-state index is -10.7. The Kier molecular flexibility index (Phi) is 5.39. The van der Waals surface area contributed by atoms with Gasteiger partial charge in [-0.3, -0.25) is 0 Å². The third-order valence-corrected chi connectivity index (χ3v) is 3.56. The summed E-state index contributed by atoms with van der Waals surface area (Å²) in [5.41, 5.74) is 3.80. The van der Waals surface area contributed by atoms with Gasteiger partial charge >= 0.3 is 33.0 Å². The molecule has 1 heterocycles. The Labute approximate surface area is 152 Å². The van der Waals surface area contributed by atoms with Gasteiger partial charge in [-0.05, 0) is 23.8 Å². The Morgan fingerprint density at radius 3 is 1.96 bits per heavy atom. The second kappa shape index (κ2) is 6.97. The number of benzene rings is 2. The van der Waals surface area contributed by atoms with Crippen molar-refractivity contribution in [2.45, 2.75) is 13.5 Å². The van der Waals surface area contributed by atoms with Crippen LogP contribution < -0.4 is 4.57 Å². The van der Waals surface area contributed by atoms with Crippen LogP contribution in [0.2, 0.25) is 0 Å². The SMILES string of the molecule is Cc1ccc2ccccc2[n+]1C/C=C/c1ccccc1.F[P-](F)(F)(F)(F)F. The Bertz CT molecular complexity index is 939. The van der Waals surface area contributed by atoms with Crippen LogP contribution in [0.4, 0.5) is 25.2 Å². The second-order valence-electron chi connectivity index (χ2n) is 5.92. The molecule has 0 aliphatic rings. The normalized spacial score (nSPS) is 14.3. The Hall–Kier alpha value is -2.40. The molecule has 0 N–H and O–H groups in total. The second-order valence-corrected chi connectivity index (χ2v) is 7.83. The van der Waals surface area contributed by atoms with E-state index in [-0.39, 0.29) is 0 Å². The summed E-state index contributed by atoms with van der Waals surface area (Å²) in [6.07, 6.45) is 4.39. The molecular formula is C19H18F6NP. The topological polar surface area (TPSA) is 3.88 Å². The van der Waals surface area contributed by atoms with Crippen LogP contribution in [0, 0.1) is 6.92 Å². The van der Waals surface area contributed by atoms with Crippen LogP contribution in [0.25, 0.3) is 17.0 Å². The molecule has 0 aliphatic carbocycles. The van der Waals surface area contributed by atoms with Crippen LogP contribution in [0.5, 0.6) is 0 Å². The summed E-state index contributed by atoms with van der Waals surface area (Å²) >= 11 is 0. The molecule has 0 unspecified atom stereocenters. The van der Waals surface area contributed by atoms with E-state index in [0.29, 0.717) is 0 Å². The van der Waals surface area contributed by atoms with E-state index in [0.717, 1.165) is 6.54 Å². The molecule has 3 aromatic rings. The third kappa shape index (κ3) is 8.69. The number of hydrogen-bond donors (Lipinski definition) is 0. The number of aromatic nitrogens is 1. The van der Waals surface area contributed by atoms with Gasteiger partial charge in [0.15, 0.2) is 12.2 Å². The van der Waals surface area contributed by atoms with E-state index in [1.54, 1.807) is 0 Å². The van der Waals surface area contributed by atoms with E-state index in [9.17, 15) is 25.2 Å². The molecule has 1 nitrogen and oxygen atoms in total. The molecule has 0 radical (unpaired) electrons. The number of halogens is 6. The van der Waals surface area contributed by atoms with Crippen molar-refractivity contribution >= 4 is 24.8 Å². The van der Waals surface area contributed by atoms with E-state index in [2.05, 4.69) is 84.3 Å². The molecule has 2 aromatic carbocycles. The summed E-state index contributed by atoms with van der Waals surface area (Å²) < 4.78 is 61.5. The molecule has 0 atom stereocenters. The van der Waals surface area contributed by atoms with Gasteiger partial charge in [0, 0.05) is 24.4 Å². The summed E-state index contributed by atoms with van der Waals surface area (Å²) in [6.45, 7) is 3.05. The first-order valence-electron chi connectivity index (χ1n) is 7.96. The summed E-state index contributed by atoms with van der Waals surface area (Å²) in [7, 11) is -10.7. The standard InChI is InChI=1S/C19H18N.F6P/c1-16-13-14-18-11-5-6-12-19(18)20(16)15-7-10-17-8-3-2-4-9-17;1-7(2,3,4,5)6/h2-14H,15H2,1H3;/q+1;-1/b10-7+;. The Balaban J connectivity index is 0.000000321. The van der Waals surface area contributed by atoms with Gasteiger partial charge in [-0.15, -0.1) is 0 Å². The van der Waals surface area contributed by atoms with Crippen molar-refractivity contribution in [2.24, 2.45) is 0 Å². The molecule has 0 saturated heterocycles. The van der Waals surface area contributed by atoms with Crippen LogP contribution in [-0.2, 0) is 6.54 Å². The molecule has 0 spiro atoms. The van der Waals surface area contributed by atoms with E-state index < -0.39 is 7.81 Å². The van der Waals surface area contributed by atoms with Crippen molar-refractivity contribution in [3.8, 4) is 0 Å². The number of para-hydroxylation sites is 1. The quantitative estimate of drug-likeness (QED) is 0.241. The van der Waals surface area contributed by atoms with Gasteiger partial charge in [0.25, 0.3) is 0 Å². The predicted octanol–water partition coefficient (Wildman–Crippen LogP) is 7.53. The zero-order valence-electron chi connectivity index (χ0n) is 14.4. The van der Waals surface area contributed by atoms with Crippen molar-refractivity contribution in [2.75, 3.05) is 0 Å². The van der Waals surface area contributed by atoms with Crippen LogP contribution >= 0.6 is 7.81 Å². The monoisotopic (exact) mass is 405 g/mol. The fourth-order valence-electron chi connectivity index (χ4n) is 2.47. The van der Waals surface area contributed by atoms with Crippen molar-refractivity contribution in [1.82, 2.24) is 0 Å². The molecule has 0 amide bonds. The van der Waals surface area contributed by atoms with Crippen molar-refractivity contribution in [3.05, 3.63) is 84.1 Å². The predicted molar refractivity (Wildman–Crippen MR) is 97.9 cm³/mol. The fourth-order valence-corrected chi connectivity index (χ4v) is 2.47. The molecule has 8 heteroatoms. The first-order valence-corrected chi connectivity index (χ1v) is 9.98. The van der Waals surface area contributed by atoms with Gasteiger partial charge in [-0.25, -0.2) is 0 Å². The molecule has 0 saturated carbocycles. The van der Waals surface area contributed by atoms with Crippen molar-refractivity contribution in [1.29, 1.82) is 0 Å². The summed E-state index contributed by atoms with van der Waals surface area (Å²) in [6, 6.07) is 23.3. The van der Waals surface area contributed by atoms with Gasteiger partial charge < -0.3 is 0 Å². The number of nitrogens with zero attached hydrogens (tertiary/aromatic N) is 1. The number of allylic oxidation sites excluding steroid dienone is 1. The van der Waals surface area contributed by atoms with E-state index >= 15 is 0 Å². The molecule has 27 heavy (non-hydrogen) atoms. The van der Waals surface area contributed by atoms with E-state index in [4.69, 9.17) is 0 Å². The fraction of sp³-hybridized carbons (Fsp3) is 0.105. The van der Waals surface area contributed by atoms with E-state index in [1.165, 1.54) is 22.2 Å². The van der Waals surface area contributed by atoms with Crippen molar-refractivity contribution in [3.63, 3.8) is 0 Å². The first-order chi connectivity index (χ1) is 12.3. The molecule has 1 aromatic heterocycles. The van der Waals surface area contributed by atoms with Crippen LogP contribution in [0.1, 0.15) is 11.3 Å². The minimum absolute atomic E-state index is 0.891. The van der Waals surface area contributed by atoms with Gasteiger partial charge in [-0.2, -0.15) is 4.57 Å². The Morgan fingerprint density at radius 1 is 0.778 bits per heavy atom. The van der Waals surface area contributed by atoms with Gasteiger partial charge in [0.1, 0.15) is 0 Å². The maximum atomic E-state index is 9.87. The summed E-state index contributed by atoms with van der Waals surface area (Å²) in [4.78, 5) is 0. The van der Waals surface area contributed by atoms with Gasteiger partial charge in [0.2, 0.25) is 5.52 Å². The average molecular weight is 405 g/mol. The Morgan fingerprint density at radius 2 is 1.33 bits per heavy atom. The first kappa shape index (κ1) is 20.9. The number of pyridine rings is 1. The number of fused-ring (bicyclic) bond motifs is 1. The van der Waals surface area contributed by atoms with Gasteiger partial charge in [-0.1, -0.05) is 48.5 Å². The van der Waals surface area contributed by atoms with Crippen LogP contribution in [-0.4, -0.2) is 0 Å². The molecule has 0 fully saturated rings. The molecule has 0 bridgehead atoms. The summed E-state index contributed by atoms with van der Waals surface area (Å²) in [5.74, 6) is 0. The number of rotatable bonds is 3. The van der Waals surface area contributed by atoms with Crippen molar-refractivity contribution < 1.29 is 29.7 Å². The van der Waals surface area contributed by atoms with E-state index in [1.807, 2.05) is 6.07 Å². The average Bonchev–Trinajstić information content (AvgIpc) is 2.55.